The quantitative estimate of drug-likeness (QED) is 0.672. The van der Waals surface area contributed by atoms with Gasteiger partial charge in [0.25, 0.3) is 0 Å². The van der Waals surface area contributed by atoms with Crippen molar-refractivity contribution in [2.24, 2.45) is 9.98 Å². The van der Waals surface area contributed by atoms with E-state index in [4.69, 9.17) is 9.98 Å². The molecule has 0 bridgehead atoms. The maximum atomic E-state index is 12.6. The molecule has 4 rings (SSSR count). The van der Waals surface area contributed by atoms with Gasteiger partial charge >= 0.3 is 0 Å². The number of aryl methyl sites for hydroxylation is 1. The molecule has 174 valence electrons. The molecule has 2 aromatic carbocycles. The molecule has 1 spiro atoms. The first-order chi connectivity index (χ1) is 15.6. The molecule has 0 atom stereocenters. The summed E-state index contributed by atoms with van der Waals surface area (Å²) in [5.41, 5.74) is 4.99. The van der Waals surface area contributed by atoms with Gasteiger partial charge in [-0.2, -0.15) is 0 Å². The number of benzene rings is 2. The molecule has 2 aliphatic heterocycles. The number of aliphatic imine (C=N–C) groups is 2. The highest BCUT2D eigenvalue weighted by molar-refractivity contribution is 8.16. The SMILES string of the molecule is Cc1ccc(NC(=O)CSC2=NC3(CCN(C)CC3)N=C2c2ccc(C(C)(C)C)cc2)cc1. The van der Waals surface area contributed by atoms with Crippen molar-refractivity contribution >= 4 is 34.1 Å². The number of anilines is 1. The molecule has 1 amide bonds. The Labute approximate surface area is 201 Å². The number of likely N-dealkylation sites (tertiary alicyclic amines) is 1. The summed E-state index contributed by atoms with van der Waals surface area (Å²) in [6.45, 7) is 10.7. The van der Waals surface area contributed by atoms with Crippen LogP contribution in [0.3, 0.4) is 0 Å². The van der Waals surface area contributed by atoms with Gasteiger partial charge in [-0.15, -0.1) is 0 Å². The Balaban J connectivity index is 1.52. The molecule has 0 aromatic heterocycles. The van der Waals surface area contributed by atoms with E-state index >= 15 is 0 Å². The average Bonchev–Trinajstić information content (AvgIpc) is 3.14. The van der Waals surface area contributed by atoms with Gasteiger partial charge in [-0.25, -0.2) is 4.99 Å². The van der Waals surface area contributed by atoms with Crippen LogP contribution in [-0.4, -0.2) is 53.1 Å². The zero-order valence-corrected chi connectivity index (χ0v) is 21.1. The molecule has 1 N–H and O–H groups in total. The van der Waals surface area contributed by atoms with Crippen LogP contribution < -0.4 is 5.32 Å². The summed E-state index contributed by atoms with van der Waals surface area (Å²) in [5, 5.41) is 3.86. The van der Waals surface area contributed by atoms with E-state index in [0.29, 0.717) is 5.75 Å². The third kappa shape index (κ3) is 5.74. The van der Waals surface area contributed by atoms with E-state index in [2.05, 4.69) is 62.3 Å². The van der Waals surface area contributed by atoms with E-state index in [1.54, 1.807) is 0 Å². The lowest BCUT2D eigenvalue weighted by Crippen LogP contribution is -2.39. The molecule has 5 nitrogen and oxygen atoms in total. The van der Waals surface area contributed by atoms with Gasteiger partial charge in [0.05, 0.1) is 11.5 Å². The lowest BCUT2D eigenvalue weighted by atomic mass is 9.86. The first kappa shape index (κ1) is 23.7. The smallest absolute Gasteiger partial charge is 0.234 e. The zero-order chi connectivity index (χ0) is 23.6. The number of nitrogens with zero attached hydrogens (tertiary/aromatic N) is 3. The van der Waals surface area contributed by atoms with Crippen molar-refractivity contribution in [1.29, 1.82) is 0 Å². The third-order valence-electron chi connectivity index (χ3n) is 6.32. The second kappa shape index (κ2) is 9.43. The standard InChI is InChI=1S/C27H34N4OS/c1-19-6-12-22(13-7-19)28-23(32)18-33-25-24(20-8-10-21(11-9-20)26(2,3)4)29-27(30-25)14-16-31(5)17-15-27/h6-13H,14-18H2,1-5H3,(H,28,32). The predicted octanol–water partition coefficient (Wildman–Crippen LogP) is 5.29. The van der Waals surface area contributed by atoms with Crippen molar-refractivity contribution in [3.8, 4) is 0 Å². The van der Waals surface area contributed by atoms with E-state index in [9.17, 15) is 4.79 Å². The van der Waals surface area contributed by atoms with Gasteiger partial charge in [0, 0.05) is 37.2 Å². The van der Waals surface area contributed by atoms with Crippen LogP contribution in [0.1, 0.15) is 50.3 Å². The second-order valence-corrected chi connectivity index (χ2v) is 11.2. The van der Waals surface area contributed by atoms with Crippen molar-refractivity contribution in [2.45, 2.75) is 51.6 Å². The number of carbonyl (C=O) groups excluding carboxylic acids is 1. The molecule has 0 radical (unpaired) electrons. The van der Waals surface area contributed by atoms with Gasteiger partial charge in [-0.1, -0.05) is 74.5 Å². The summed E-state index contributed by atoms with van der Waals surface area (Å²) in [5.74, 6) is 0.278. The molecule has 2 aromatic rings. The fraction of sp³-hybridized carbons (Fsp3) is 0.444. The molecule has 0 unspecified atom stereocenters. The Morgan fingerprint density at radius 1 is 1.03 bits per heavy atom. The van der Waals surface area contributed by atoms with Crippen LogP contribution >= 0.6 is 11.8 Å². The Hall–Kier alpha value is -2.44. The van der Waals surface area contributed by atoms with Gasteiger partial charge in [-0.3, -0.25) is 9.79 Å². The monoisotopic (exact) mass is 462 g/mol. The highest BCUT2D eigenvalue weighted by Gasteiger charge is 2.39. The van der Waals surface area contributed by atoms with E-state index in [0.717, 1.165) is 47.9 Å². The number of nitrogens with one attached hydrogen (secondary N) is 1. The topological polar surface area (TPSA) is 57.1 Å². The summed E-state index contributed by atoms with van der Waals surface area (Å²) in [7, 11) is 2.15. The van der Waals surface area contributed by atoms with Gasteiger partial charge in [0.15, 0.2) is 5.66 Å². The second-order valence-electron chi connectivity index (χ2n) is 10.2. The predicted molar refractivity (Wildman–Crippen MR) is 141 cm³/mol. The molecule has 1 fully saturated rings. The van der Waals surface area contributed by atoms with Crippen LogP contribution in [0.25, 0.3) is 0 Å². The summed E-state index contributed by atoms with van der Waals surface area (Å²) >= 11 is 1.49. The molecule has 33 heavy (non-hydrogen) atoms. The number of piperidine rings is 1. The number of rotatable bonds is 4. The molecule has 1 saturated heterocycles. The van der Waals surface area contributed by atoms with Crippen LogP contribution in [0, 0.1) is 6.92 Å². The summed E-state index contributed by atoms with van der Waals surface area (Å²) in [4.78, 5) is 25.2. The van der Waals surface area contributed by atoms with Crippen molar-refractivity contribution in [2.75, 3.05) is 31.2 Å². The molecule has 6 heteroatoms. The van der Waals surface area contributed by atoms with Gasteiger partial charge in [0.1, 0.15) is 5.04 Å². The Morgan fingerprint density at radius 2 is 1.67 bits per heavy atom. The van der Waals surface area contributed by atoms with Crippen LogP contribution in [-0.2, 0) is 10.2 Å². The summed E-state index contributed by atoms with van der Waals surface area (Å²) in [6.07, 6.45) is 1.82. The summed E-state index contributed by atoms with van der Waals surface area (Å²) in [6, 6.07) is 16.5. The molecule has 2 heterocycles. The number of amides is 1. The molecular formula is C27H34N4OS. The normalized spacial score (nSPS) is 18.2. The largest absolute Gasteiger partial charge is 0.325 e. The first-order valence-corrected chi connectivity index (χ1v) is 12.6. The zero-order valence-electron chi connectivity index (χ0n) is 20.3. The van der Waals surface area contributed by atoms with Crippen molar-refractivity contribution in [1.82, 2.24) is 4.90 Å². The fourth-order valence-corrected chi connectivity index (χ4v) is 4.98. The van der Waals surface area contributed by atoms with E-state index in [1.807, 2.05) is 31.2 Å². The number of carbonyl (C=O) groups is 1. The minimum atomic E-state index is -0.389. The minimum absolute atomic E-state index is 0.0293. The van der Waals surface area contributed by atoms with E-state index < -0.39 is 0 Å². The van der Waals surface area contributed by atoms with Crippen molar-refractivity contribution < 1.29 is 4.79 Å². The van der Waals surface area contributed by atoms with Crippen LogP contribution in [0.5, 0.6) is 0 Å². The van der Waals surface area contributed by atoms with E-state index in [-0.39, 0.29) is 17.0 Å². The maximum absolute atomic E-state index is 12.6. The molecule has 0 saturated carbocycles. The number of hydrogen-bond acceptors (Lipinski definition) is 5. The first-order valence-electron chi connectivity index (χ1n) is 11.6. The average molecular weight is 463 g/mol. The van der Waals surface area contributed by atoms with Gasteiger partial charge in [-0.05, 0) is 37.1 Å². The van der Waals surface area contributed by atoms with Crippen molar-refractivity contribution in [3.63, 3.8) is 0 Å². The fourth-order valence-electron chi connectivity index (χ4n) is 4.11. The number of thioether (sulfide) groups is 1. The lowest BCUT2D eigenvalue weighted by molar-refractivity contribution is -0.113. The van der Waals surface area contributed by atoms with Crippen molar-refractivity contribution in [3.05, 3.63) is 65.2 Å². The molecule has 2 aliphatic rings. The minimum Gasteiger partial charge on any atom is -0.325 e. The third-order valence-corrected chi connectivity index (χ3v) is 7.28. The molecule has 0 aliphatic carbocycles. The van der Waals surface area contributed by atoms with Gasteiger partial charge < -0.3 is 10.2 Å². The van der Waals surface area contributed by atoms with Crippen LogP contribution in [0.2, 0.25) is 0 Å². The summed E-state index contributed by atoms with van der Waals surface area (Å²) < 4.78 is 0. The highest BCUT2D eigenvalue weighted by Crippen LogP contribution is 2.35. The highest BCUT2D eigenvalue weighted by atomic mass is 32.2. The van der Waals surface area contributed by atoms with Crippen LogP contribution in [0.4, 0.5) is 5.69 Å². The lowest BCUT2D eigenvalue weighted by Gasteiger charge is -2.33. The van der Waals surface area contributed by atoms with E-state index in [1.165, 1.54) is 22.9 Å². The number of hydrogen-bond donors (Lipinski definition) is 1. The van der Waals surface area contributed by atoms with Gasteiger partial charge in [0.2, 0.25) is 5.91 Å². The van der Waals surface area contributed by atoms with Crippen LogP contribution in [0.15, 0.2) is 58.5 Å². The maximum Gasteiger partial charge on any atom is 0.234 e. The Morgan fingerprint density at radius 3 is 2.27 bits per heavy atom. The Bertz CT molecular complexity index is 1060. The molecular weight excluding hydrogens is 428 g/mol. The Kier molecular flexibility index (Phi) is 6.78.